The van der Waals surface area contributed by atoms with Gasteiger partial charge in [0.2, 0.25) is 0 Å². The van der Waals surface area contributed by atoms with Gasteiger partial charge in [0.15, 0.2) is 5.75 Å². The highest BCUT2D eigenvalue weighted by Crippen LogP contribution is 2.41. The molecule has 0 fully saturated rings. The van der Waals surface area contributed by atoms with Crippen molar-refractivity contribution in [2.24, 2.45) is 0 Å². The number of halogens is 1. The number of carbonyl (C=O) groups is 1. The molecular formula is C18H20BrN3O3. The molecule has 0 spiro atoms. The molecule has 0 aliphatic heterocycles. The Bertz CT molecular complexity index is 973. The molecule has 132 valence electrons. The Balaban J connectivity index is 2.15. The SMILES string of the molecule is COc1c(NC(=O)OC(C)(C)C)cc(Br)c2c1[nH]c1ncc(C)cc12. The van der Waals surface area contributed by atoms with Crippen LogP contribution in [0.1, 0.15) is 26.3 Å². The number of aromatic amines is 1. The van der Waals surface area contributed by atoms with Crippen molar-refractivity contribution in [1.29, 1.82) is 0 Å². The fourth-order valence-corrected chi connectivity index (χ4v) is 3.35. The summed E-state index contributed by atoms with van der Waals surface area (Å²) in [6.07, 6.45) is 1.26. The molecule has 3 aromatic rings. The van der Waals surface area contributed by atoms with E-state index in [1.807, 2.05) is 27.7 Å². The molecule has 0 aliphatic rings. The molecule has 0 bridgehead atoms. The number of aromatic nitrogens is 2. The Hall–Kier alpha value is -2.28. The Morgan fingerprint density at radius 2 is 2.04 bits per heavy atom. The second kappa shape index (κ2) is 6.22. The molecule has 0 aliphatic carbocycles. The first-order valence-corrected chi connectivity index (χ1v) is 8.63. The molecule has 1 aromatic carbocycles. The lowest BCUT2D eigenvalue weighted by Gasteiger charge is -2.20. The molecule has 0 saturated heterocycles. The second-order valence-corrected chi connectivity index (χ2v) is 7.70. The van der Waals surface area contributed by atoms with E-state index in [-0.39, 0.29) is 0 Å². The summed E-state index contributed by atoms with van der Waals surface area (Å²) in [5.74, 6) is 0.528. The highest BCUT2D eigenvalue weighted by molar-refractivity contribution is 9.10. The summed E-state index contributed by atoms with van der Waals surface area (Å²) in [5, 5.41) is 4.70. The highest BCUT2D eigenvalue weighted by Gasteiger charge is 2.21. The number of pyridine rings is 1. The summed E-state index contributed by atoms with van der Waals surface area (Å²) >= 11 is 3.59. The topological polar surface area (TPSA) is 76.2 Å². The van der Waals surface area contributed by atoms with Gasteiger partial charge in [0.05, 0.1) is 18.3 Å². The minimum atomic E-state index is -0.582. The van der Waals surface area contributed by atoms with Gasteiger partial charge in [0.1, 0.15) is 11.2 Å². The van der Waals surface area contributed by atoms with Crippen LogP contribution >= 0.6 is 15.9 Å². The fourth-order valence-electron chi connectivity index (χ4n) is 2.71. The van der Waals surface area contributed by atoms with Crippen LogP contribution in [0.2, 0.25) is 0 Å². The number of nitrogens with one attached hydrogen (secondary N) is 2. The summed E-state index contributed by atoms with van der Waals surface area (Å²) in [7, 11) is 1.56. The van der Waals surface area contributed by atoms with Crippen molar-refractivity contribution in [2.75, 3.05) is 12.4 Å². The van der Waals surface area contributed by atoms with Crippen LogP contribution in [-0.4, -0.2) is 28.8 Å². The first kappa shape index (κ1) is 17.5. The number of H-pyrrole nitrogens is 1. The maximum Gasteiger partial charge on any atom is 0.412 e. The van der Waals surface area contributed by atoms with Crippen molar-refractivity contribution in [3.63, 3.8) is 0 Å². The number of amides is 1. The summed E-state index contributed by atoms with van der Waals surface area (Å²) in [5.41, 5.74) is 2.51. The van der Waals surface area contributed by atoms with E-state index >= 15 is 0 Å². The molecule has 2 N–H and O–H groups in total. The van der Waals surface area contributed by atoms with Gasteiger partial charge in [-0.1, -0.05) is 0 Å². The molecule has 0 radical (unpaired) electrons. The third-order valence-electron chi connectivity index (χ3n) is 3.61. The van der Waals surface area contributed by atoms with Gasteiger partial charge in [0, 0.05) is 21.4 Å². The van der Waals surface area contributed by atoms with Gasteiger partial charge in [-0.2, -0.15) is 0 Å². The predicted molar refractivity (Wildman–Crippen MR) is 102 cm³/mol. The van der Waals surface area contributed by atoms with Gasteiger partial charge in [-0.3, -0.25) is 5.32 Å². The summed E-state index contributed by atoms with van der Waals surface area (Å²) in [6.45, 7) is 7.44. The molecule has 6 nitrogen and oxygen atoms in total. The minimum absolute atomic E-state index is 0.513. The zero-order valence-electron chi connectivity index (χ0n) is 14.8. The van der Waals surface area contributed by atoms with E-state index in [2.05, 4.69) is 37.3 Å². The average Bonchev–Trinajstić information content (AvgIpc) is 2.84. The molecule has 3 rings (SSSR count). The maximum absolute atomic E-state index is 12.1. The number of fused-ring (bicyclic) bond motifs is 3. The number of anilines is 1. The number of ether oxygens (including phenoxy) is 2. The average molecular weight is 406 g/mol. The van der Waals surface area contributed by atoms with E-state index in [1.54, 1.807) is 19.4 Å². The van der Waals surface area contributed by atoms with Crippen LogP contribution in [-0.2, 0) is 4.74 Å². The Kier molecular flexibility index (Phi) is 4.36. The third kappa shape index (κ3) is 3.42. The number of nitrogens with zero attached hydrogens (tertiary/aromatic N) is 1. The van der Waals surface area contributed by atoms with Gasteiger partial charge < -0.3 is 14.5 Å². The van der Waals surface area contributed by atoms with Crippen LogP contribution in [0.25, 0.3) is 21.9 Å². The van der Waals surface area contributed by atoms with Crippen molar-refractivity contribution in [3.8, 4) is 5.75 Å². The Labute approximate surface area is 154 Å². The minimum Gasteiger partial charge on any atom is -0.492 e. The fraction of sp³-hybridized carbons (Fsp3) is 0.333. The predicted octanol–water partition coefficient (Wildman–Crippen LogP) is 5.14. The molecule has 25 heavy (non-hydrogen) atoms. The number of benzene rings is 1. The molecular weight excluding hydrogens is 386 g/mol. The molecule has 0 saturated carbocycles. The van der Waals surface area contributed by atoms with Crippen LogP contribution in [0.5, 0.6) is 5.75 Å². The van der Waals surface area contributed by atoms with Crippen molar-refractivity contribution in [2.45, 2.75) is 33.3 Å². The van der Waals surface area contributed by atoms with Crippen LogP contribution in [0.3, 0.4) is 0 Å². The largest absolute Gasteiger partial charge is 0.492 e. The lowest BCUT2D eigenvalue weighted by atomic mass is 10.1. The first-order valence-electron chi connectivity index (χ1n) is 7.84. The normalized spacial score (nSPS) is 11.8. The monoisotopic (exact) mass is 405 g/mol. The number of hydrogen-bond acceptors (Lipinski definition) is 4. The van der Waals surface area contributed by atoms with Gasteiger partial charge in [-0.05, 0) is 61.3 Å². The zero-order chi connectivity index (χ0) is 18.4. The van der Waals surface area contributed by atoms with Crippen molar-refractivity contribution < 1.29 is 14.3 Å². The molecule has 1 amide bonds. The number of aryl methyl sites for hydroxylation is 1. The molecule has 0 atom stereocenters. The smallest absolute Gasteiger partial charge is 0.412 e. The van der Waals surface area contributed by atoms with Crippen LogP contribution in [0, 0.1) is 6.92 Å². The summed E-state index contributed by atoms with van der Waals surface area (Å²) < 4.78 is 11.7. The van der Waals surface area contributed by atoms with Crippen molar-refractivity contribution >= 4 is 49.6 Å². The standard InChI is InChI=1S/C18H20BrN3O3/c1-9-6-10-13-11(19)7-12(21-17(23)25-18(2,3)4)15(24-5)14(13)22-16(10)20-8-9/h6-8H,1-5H3,(H,20,22)(H,21,23). The van der Waals surface area contributed by atoms with E-state index in [0.717, 1.165) is 32.0 Å². The molecule has 7 heteroatoms. The summed E-state index contributed by atoms with van der Waals surface area (Å²) in [6, 6.07) is 3.87. The lowest BCUT2D eigenvalue weighted by Crippen LogP contribution is -2.27. The quantitative estimate of drug-likeness (QED) is 0.618. The Morgan fingerprint density at radius 1 is 1.32 bits per heavy atom. The van der Waals surface area contributed by atoms with E-state index in [1.165, 1.54) is 0 Å². The lowest BCUT2D eigenvalue weighted by molar-refractivity contribution is 0.0635. The van der Waals surface area contributed by atoms with E-state index in [4.69, 9.17) is 9.47 Å². The number of carbonyl (C=O) groups excluding carboxylic acids is 1. The zero-order valence-corrected chi connectivity index (χ0v) is 16.4. The van der Waals surface area contributed by atoms with Crippen LogP contribution in [0.4, 0.5) is 10.5 Å². The molecule has 2 heterocycles. The Morgan fingerprint density at radius 3 is 2.68 bits per heavy atom. The van der Waals surface area contributed by atoms with E-state index in [0.29, 0.717) is 11.4 Å². The summed E-state index contributed by atoms with van der Waals surface area (Å²) in [4.78, 5) is 19.8. The third-order valence-corrected chi connectivity index (χ3v) is 4.23. The van der Waals surface area contributed by atoms with E-state index < -0.39 is 11.7 Å². The van der Waals surface area contributed by atoms with Crippen LogP contribution < -0.4 is 10.1 Å². The molecule has 2 aromatic heterocycles. The van der Waals surface area contributed by atoms with Crippen molar-refractivity contribution in [3.05, 3.63) is 28.4 Å². The van der Waals surface area contributed by atoms with Gasteiger partial charge in [0.25, 0.3) is 0 Å². The first-order chi connectivity index (χ1) is 11.7. The van der Waals surface area contributed by atoms with Gasteiger partial charge >= 0.3 is 6.09 Å². The van der Waals surface area contributed by atoms with E-state index in [9.17, 15) is 4.79 Å². The second-order valence-electron chi connectivity index (χ2n) is 6.85. The number of rotatable bonds is 2. The van der Waals surface area contributed by atoms with Crippen LogP contribution in [0.15, 0.2) is 22.8 Å². The number of methoxy groups -OCH3 is 1. The highest BCUT2D eigenvalue weighted by atomic mass is 79.9. The number of hydrogen-bond donors (Lipinski definition) is 2. The van der Waals surface area contributed by atoms with Crippen molar-refractivity contribution in [1.82, 2.24) is 9.97 Å². The maximum atomic E-state index is 12.1. The van der Waals surface area contributed by atoms with Gasteiger partial charge in [-0.15, -0.1) is 0 Å². The molecule has 0 unspecified atom stereocenters. The van der Waals surface area contributed by atoms with Gasteiger partial charge in [-0.25, -0.2) is 9.78 Å².